The lowest BCUT2D eigenvalue weighted by Crippen LogP contribution is -2.44. The van der Waals surface area contributed by atoms with Gasteiger partial charge in [-0.05, 0) is 40.2 Å². The van der Waals surface area contributed by atoms with Gasteiger partial charge in [-0.2, -0.15) is 0 Å². The highest BCUT2D eigenvalue weighted by molar-refractivity contribution is 7.25. The minimum absolute atomic E-state index is 0.0253. The van der Waals surface area contributed by atoms with E-state index >= 15 is 0 Å². The standard InChI is InChI=1S/C29H27N5O4S/c1-29(2,3)17-6-7-18-19(11-17)39-28-20(18)26(37)32-25(33-28)27(38)31-12-14-4-5-15-8-9-34(13-16(15)10-14)22-21(30)23(35)24(22)36/h4-7,10-11H,8-9,12-13,30H2,1-3H3,(H,31,38)(H,32,33,37). The van der Waals surface area contributed by atoms with Crippen LogP contribution in [0, 0.1) is 0 Å². The number of anilines is 2. The summed E-state index contributed by atoms with van der Waals surface area (Å²) in [6, 6.07) is 12.0. The molecule has 2 aromatic heterocycles. The van der Waals surface area contributed by atoms with Crippen LogP contribution in [0.5, 0.6) is 0 Å². The first-order valence-electron chi connectivity index (χ1n) is 12.7. The van der Waals surface area contributed by atoms with Gasteiger partial charge >= 0.3 is 0 Å². The number of aromatic nitrogens is 2. The van der Waals surface area contributed by atoms with Gasteiger partial charge < -0.3 is 20.9 Å². The largest absolute Gasteiger partial charge is 0.394 e. The molecule has 1 aliphatic heterocycles. The third-order valence-electron chi connectivity index (χ3n) is 7.40. The second-order valence-electron chi connectivity index (χ2n) is 11.0. The molecule has 4 N–H and O–H groups in total. The average Bonchev–Trinajstić information content (AvgIpc) is 3.29. The summed E-state index contributed by atoms with van der Waals surface area (Å²) in [7, 11) is 0. The van der Waals surface area contributed by atoms with E-state index in [0.717, 1.165) is 38.8 Å². The molecule has 0 atom stereocenters. The van der Waals surface area contributed by atoms with E-state index in [-0.39, 0.29) is 29.0 Å². The Hall–Kier alpha value is -4.31. The third-order valence-corrected chi connectivity index (χ3v) is 8.44. The number of carbonyl (C=O) groups excluding carboxylic acids is 1. The molecule has 39 heavy (non-hydrogen) atoms. The number of nitrogen functional groups attached to an aromatic ring is 1. The molecule has 6 rings (SSSR count). The second-order valence-corrected chi connectivity index (χ2v) is 12.1. The van der Waals surface area contributed by atoms with E-state index in [4.69, 9.17) is 5.73 Å². The molecule has 0 saturated carbocycles. The molecule has 0 saturated heterocycles. The summed E-state index contributed by atoms with van der Waals surface area (Å²) in [6.45, 7) is 7.71. The first kappa shape index (κ1) is 25.0. The number of aromatic amines is 1. The van der Waals surface area contributed by atoms with Gasteiger partial charge in [0.1, 0.15) is 16.2 Å². The van der Waals surface area contributed by atoms with Crippen molar-refractivity contribution in [2.75, 3.05) is 17.2 Å². The van der Waals surface area contributed by atoms with Crippen LogP contribution in [0.15, 0.2) is 50.8 Å². The lowest BCUT2D eigenvalue weighted by atomic mass is 9.87. The van der Waals surface area contributed by atoms with Gasteiger partial charge in [0.15, 0.2) is 0 Å². The fourth-order valence-corrected chi connectivity index (χ4v) is 6.26. The molecule has 0 unspecified atom stereocenters. The highest BCUT2D eigenvalue weighted by Crippen LogP contribution is 2.34. The molecule has 198 valence electrons. The molecule has 3 heterocycles. The predicted octanol–water partition coefficient (Wildman–Crippen LogP) is 3.11. The van der Waals surface area contributed by atoms with E-state index < -0.39 is 16.8 Å². The molecule has 5 aromatic rings. The van der Waals surface area contributed by atoms with Crippen LogP contribution in [-0.2, 0) is 24.9 Å². The highest BCUT2D eigenvalue weighted by atomic mass is 32.1. The molecule has 9 nitrogen and oxygen atoms in total. The molecule has 0 bridgehead atoms. The van der Waals surface area contributed by atoms with Gasteiger partial charge in [0.25, 0.3) is 22.3 Å². The summed E-state index contributed by atoms with van der Waals surface area (Å²) in [4.78, 5) is 58.9. The van der Waals surface area contributed by atoms with E-state index in [2.05, 4.69) is 42.1 Å². The van der Waals surface area contributed by atoms with Crippen LogP contribution < -0.4 is 32.4 Å². The van der Waals surface area contributed by atoms with Crippen LogP contribution in [0.4, 0.5) is 11.4 Å². The fraction of sp³-hybridized carbons (Fsp3) is 0.276. The molecule has 0 spiro atoms. The number of fused-ring (bicyclic) bond motifs is 4. The number of nitrogens with zero attached hydrogens (tertiary/aromatic N) is 2. The number of nitrogens with two attached hydrogens (primary N) is 1. The number of nitrogens with one attached hydrogen (secondary N) is 2. The third kappa shape index (κ3) is 4.21. The van der Waals surface area contributed by atoms with Gasteiger partial charge in [0.2, 0.25) is 5.82 Å². The van der Waals surface area contributed by atoms with Gasteiger partial charge in [0.05, 0.1) is 5.39 Å². The second kappa shape index (κ2) is 8.88. The summed E-state index contributed by atoms with van der Waals surface area (Å²) in [6.07, 6.45) is 0.720. The summed E-state index contributed by atoms with van der Waals surface area (Å²) in [5, 5.41) is 4.17. The smallest absolute Gasteiger partial charge is 0.287 e. The predicted molar refractivity (Wildman–Crippen MR) is 155 cm³/mol. The SMILES string of the molecule is CC(C)(C)c1ccc2c(c1)sc1nc(C(=O)NCc3ccc4c(c3)CN(c3c(N)c(=O)c3=O)CC4)[nH]c(=O)c12. The Morgan fingerprint density at radius 2 is 1.90 bits per heavy atom. The van der Waals surface area contributed by atoms with Crippen LogP contribution in [0.1, 0.15) is 53.6 Å². The van der Waals surface area contributed by atoms with Gasteiger partial charge in [-0.15, -0.1) is 11.3 Å². The normalized spacial score (nSPS) is 13.8. The summed E-state index contributed by atoms with van der Waals surface area (Å²) in [5.74, 6) is -0.507. The van der Waals surface area contributed by atoms with Crippen molar-refractivity contribution in [2.24, 2.45) is 0 Å². The van der Waals surface area contributed by atoms with Crippen molar-refractivity contribution in [3.8, 4) is 0 Å². The van der Waals surface area contributed by atoms with Crippen molar-refractivity contribution in [1.29, 1.82) is 0 Å². The number of thiophene rings is 1. The van der Waals surface area contributed by atoms with Crippen molar-refractivity contribution in [2.45, 2.75) is 45.7 Å². The maximum absolute atomic E-state index is 13.0. The monoisotopic (exact) mass is 541 g/mol. The molecule has 3 aromatic carbocycles. The Labute approximate surface area is 227 Å². The fourth-order valence-electron chi connectivity index (χ4n) is 5.14. The van der Waals surface area contributed by atoms with Crippen LogP contribution >= 0.6 is 11.3 Å². The topological polar surface area (TPSA) is 138 Å². The molecule has 0 radical (unpaired) electrons. The average molecular weight is 542 g/mol. The number of amides is 1. The maximum Gasteiger partial charge on any atom is 0.287 e. The first-order chi connectivity index (χ1) is 18.5. The molecule has 1 aliphatic rings. The van der Waals surface area contributed by atoms with E-state index in [1.807, 2.05) is 35.2 Å². The van der Waals surface area contributed by atoms with Gasteiger partial charge in [-0.1, -0.05) is 51.1 Å². The Morgan fingerprint density at radius 1 is 1.10 bits per heavy atom. The number of benzene rings is 2. The number of rotatable bonds is 4. The number of hydrogen-bond donors (Lipinski definition) is 3. The zero-order valence-electron chi connectivity index (χ0n) is 21.8. The van der Waals surface area contributed by atoms with Crippen LogP contribution in [0.25, 0.3) is 20.3 Å². The molecule has 1 amide bonds. The number of H-pyrrole nitrogens is 1. The summed E-state index contributed by atoms with van der Waals surface area (Å²) in [5.41, 5.74) is 8.73. The van der Waals surface area contributed by atoms with E-state index in [9.17, 15) is 19.2 Å². The maximum atomic E-state index is 13.0. The molecular weight excluding hydrogens is 514 g/mol. The Kier molecular flexibility index (Phi) is 5.69. The van der Waals surface area contributed by atoms with Crippen molar-refractivity contribution in [3.63, 3.8) is 0 Å². The number of hydrogen-bond acceptors (Lipinski definition) is 8. The van der Waals surface area contributed by atoms with Crippen molar-refractivity contribution in [3.05, 3.63) is 95.3 Å². The summed E-state index contributed by atoms with van der Waals surface area (Å²) < 4.78 is 0.960. The van der Waals surface area contributed by atoms with Gasteiger partial charge in [0, 0.05) is 29.7 Å². The molecule has 10 heteroatoms. The minimum atomic E-state index is -0.623. The van der Waals surface area contributed by atoms with E-state index in [1.165, 1.54) is 11.3 Å². The summed E-state index contributed by atoms with van der Waals surface area (Å²) >= 11 is 1.40. The van der Waals surface area contributed by atoms with Gasteiger partial charge in [-0.25, -0.2) is 4.98 Å². The highest BCUT2D eigenvalue weighted by Gasteiger charge is 2.27. The number of carbonyl (C=O) groups is 1. The van der Waals surface area contributed by atoms with Crippen LogP contribution in [-0.4, -0.2) is 22.4 Å². The quantitative estimate of drug-likeness (QED) is 0.297. The van der Waals surface area contributed by atoms with Crippen LogP contribution in [0.3, 0.4) is 0 Å². The lowest BCUT2D eigenvalue weighted by molar-refractivity contribution is 0.0940. The lowest BCUT2D eigenvalue weighted by Gasteiger charge is -2.32. The zero-order chi connectivity index (χ0) is 27.6. The Bertz CT molecular complexity index is 1940. The first-order valence-corrected chi connectivity index (χ1v) is 13.5. The Balaban J connectivity index is 1.21. The van der Waals surface area contributed by atoms with Crippen LogP contribution in [0.2, 0.25) is 0 Å². The van der Waals surface area contributed by atoms with E-state index in [1.54, 1.807) is 0 Å². The minimum Gasteiger partial charge on any atom is -0.394 e. The van der Waals surface area contributed by atoms with Gasteiger partial charge in [-0.3, -0.25) is 19.2 Å². The zero-order valence-corrected chi connectivity index (χ0v) is 22.6. The molecule has 0 fully saturated rings. The van der Waals surface area contributed by atoms with Crippen molar-refractivity contribution < 1.29 is 4.79 Å². The molecule has 0 aliphatic carbocycles. The van der Waals surface area contributed by atoms with E-state index in [0.29, 0.717) is 29.0 Å². The van der Waals surface area contributed by atoms with Crippen molar-refractivity contribution in [1.82, 2.24) is 15.3 Å². The Morgan fingerprint density at radius 3 is 2.64 bits per heavy atom. The van der Waals surface area contributed by atoms with Crippen molar-refractivity contribution >= 4 is 48.9 Å². The molecular formula is C29H27N5O4S.